The third kappa shape index (κ3) is 4.82. The molecule has 26 heavy (non-hydrogen) atoms. The van der Waals surface area contributed by atoms with Gasteiger partial charge in [-0.15, -0.1) is 11.8 Å². The Hall–Kier alpha value is -2.87. The Kier molecular flexibility index (Phi) is 6.35. The van der Waals surface area contributed by atoms with E-state index in [0.29, 0.717) is 10.6 Å². The molecular weight excluding hydrogens is 356 g/mol. The summed E-state index contributed by atoms with van der Waals surface area (Å²) in [5.74, 6) is -1.29. The number of thioether (sulfide) groups is 1. The number of rotatable bonds is 6. The number of hydrogen-bond donors (Lipinski definition) is 1. The highest BCUT2D eigenvalue weighted by Gasteiger charge is 2.22. The van der Waals surface area contributed by atoms with E-state index in [0.717, 1.165) is 11.6 Å². The molecular formula is C18H18N2O5S. The van der Waals surface area contributed by atoms with Crippen LogP contribution in [0.2, 0.25) is 0 Å². The molecule has 0 aromatic heterocycles. The van der Waals surface area contributed by atoms with Crippen LogP contribution in [-0.4, -0.2) is 29.2 Å². The summed E-state index contributed by atoms with van der Waals surface area (Å²) >= 11 is 1.21. The number of amides is 1. The van der Waals surface area contributed by atoms with Gasteiger partial charge in [-0.05, 0) is 44.4 Å². The second kappa shape index (κ2) is 8.48. The highest BCUT2D eigenvalue weighted by Crippen LogP contribution is 2.28. The zero-order chi connectivity index (χ0) is 19.3. The Balaban J connectivity index is 2.06. The fourth-order valence-electron chi connectivity index (χ4n) is 2.12. The molecule has 8 heteroatoms. The van der Waals surface area contributed by atoms with Crippen molar-refractivity contribution in [3.63, 3.8) is 0 Å². The van der Waals surface area contributed by atoms with E-state index in [2.05, 4.69) is 5.32 Å². The van der Waals surface area contributed by atoms with Crippen molar-refractivity contribution < 1.29 is 19.2 Å². The number of aryl methyl sites for hydroxylation is 1. The first kappa shape index (κ1) is 19.5. The first-order valence-electron chi connectivity index (χ1n) is 7.72. The van der Waals surface area contributed by atoms with Crippen LogP contribution < -0.4 is 5.32 Å². The van der Waals surface area contributed by atoms with Gasteiger partial charge in [-0.25, -0.2) is 4.79 Å². The van der Waals surface area contributed by atoms with Crippen LogP contribution in [0.15, 0.2) is 47.4 Å². The van der Waals surface area contributed by atoms with Crippen LogP contribution in [-0.2, 0) is 9.53 Å². The van der Waals surface area contributed by atoms with E-state index in [4.69, 9.17) is 4.74 Å². The summed E-state index contributed by atoms with van der Waals surface area (Å²) in [5, 5.41) is 13.7. The minimum atomic E-state index is -1.05. The Labute approximate surface area is 154 Å². The maximum atomic E-state index is 12.2. The van der Waals surface area contributed by atoms with Gasteiger partial charge in [0.15, 0.2) is 6.10 Å². The lowest BCUT2D eigenvalue weighted by Gasteiger charge is -2.14. The molecule has 1 atom stereocenters. The topological polar surface area (TPSA) is 98.5 Å². The molecule has 1 N–H and O–H groups in total. The number of nitrogens with zero attached hydrogens (tertiary/aromatic N) is 1. The van der Waals surface area contributed by atoms with Crippen LogP contribution in [0.3, 0.4) is 0 Å². The van der Waals surface area contributed by atoms with Crippen LogP contribution in [0.5, 0.6) is 0 Å². The van der Waals surface area contributed by atoms with Gasteiger partial charge in [0.2, 0.25) is 0 Å². The lowest BCUT2D eigenvalue weighted by Crippen LogP contribution is -2.30. The molecule has 2 aromatic carbocycles. The van der Waals surface area contributed by atoms with E-state index in [1.54, 1.807) is 18.4 Å². The molecule has 7 nitrogen and oxygen atoms in total. The van der Waals surface area contributed by atoms with Crippen LogP contribution in [0.4, 0.5) is 11.4 Å². The highest BCUT2D eigenvalue weighted by molar-refractivity contribution is 7.98. The summed E-state index contributed by atoms with van der Waals surface area (Å²) < 4.78 is 5.12. The molecule has 0 aliphatic heterocycles. The first-order chi connectivity index (χ1) is 12.3. The Bertz CT molecular complexity index is 836. The van der Waals surface area contributed by atoms with E-state index in [1.165, 1.54) is 30.8 Å². The van der Waals surface area contributed by atoms with Crippen LogP contribution in [0.25, 0.3) is 0 Å². The van der Waals surface area contributed by atoms with Gasteiger partial charge in [0.1, 0.15) is 0 Å². The van der Waals surface area contributed by atoms with Crippen molar-refractivity contribution in [2.45, 2.75) is 24.8 Å². The third-order valence-corrected chi connectivity index (χ3v) is 4.37. The molecule has 0 aliphatic rings. The minimum absolute atomic E-state index is 0.0180. The number of esters is 1. The average molecular weight is 374 g/mol. The van der Waals surface area contributed by atoms with Gasteiger partial charge in [0.25, 0.3) is 11.6 Å². The molecule has 0 unspecified atom stereocenters. The smallest absolute Gasteiger partial charge is 0.339 e. The van der Waals surface area contributed by atoms with E-state index >= 15 is 0 Å². The van der Waals surface area contributed by atoms with E-state index in [1.807, 2.05) is 19.1 Å². The van der Waals surface area contributed by atoms with Crippen LogP contribution in [0.1, 0.15) is 22.8 Å². The lowest BCUT2D eigenvalue weighted by molar-refractivity contribution is -0.387. The molecule has 0 radical (unpaired) electrons. The maximum Gasteiger partial charge on any atom is 0.339 e. The monoisotopic (exact) mass is 374 g/mol. The fraction of sp³-hybridized carbons (Fsp3) is 0.222. The number of anilines is 1. The number of nitro groups is 1. The Morgan fingerprint density at radius 2 is 1.85 bits per heavy atom. The minimum Gasteiger partial charge on any atom is -0.449 e. The first-order valence-corrected chi connectivity index (χ1v) is 8.95. The van der Waals surface area contributed by atoms with Gasteiger partial charge < -0.3 is 10.1 Å². The Morgan fingerprint density at radius 1 is 1.19 bits per heavy atom. The Morgan fingerprint density at radius 3 is 2.42 bits per heavy atom. The van der Waals surface area contributed by atoms with E-state index in [9.17, 15) is 19.7 Å². The van der Waals surface area contributed by atoms with Gasteiger partial charge in [-0.1, -0.05) is 17.7 Å². The summed E-state index contributed by atoms with van der Waals surface area (Å²) in [5.41, 5.74) is 1.48. The predicted octanol–water partition coefficient (Wildman–Crippen LogP) is 3.81. The molecule has 0 heterocycles. The van der Waals surface area contributed by atoms with Crippen molar-refractivity contribution in [3.05, 3.63) is 63.7 Å². The molecule has 0 bridgehead atoms. The number of carbonyl (C=O) groups is 2. The molecule has 0 aliphatic carbocycles. The average Bonchev–Trinajstić information content (AvgIpc) is 2.62. The number of ether oxygens (including phenoxy) is 1. The fourth-order valence-corrected chi connectivity index (χ4v) is 2.67. The molecule has 0 fully saturated rings. The molecule has 136 valence electrons. The summed E-state index contributed by atoms with van der Waals surface area (Å²) in [6, 6.07) is 11.2. The largest absolute Gasteiger partial charge is 0.449 e. The second-order valence-electron chi connectivity index (χ2n) is 5.55. The number of nitrogens with one attached hydrogen (secondary N) is 1. The normalized spacial score (nSPS) is 11.5. The number of hydrogen-bond acceptors (Lipinski definition) is 6. The molecule has 1 amide bonds. The third-order valence-electron chi connectivity index (χ3n) is 3.58. The summed E-state index contributed by atoms with van der Waals surface area (Å²) in [4.78, 5) is 35.3. The van der Waals surface area contributed by atoms with Crippen molar-refractivity contribution in [1.82, 2.24) is 0 Å². The summed E-state index contributed by atoms with van der Waals surface area (Å²) in [7, 11) is 0. The number of nitro benzene ring substituents is 1. The van der Waals surface area contributed by atoms with Crippen molar-refractivity contribution in [3.8, 4) is 0 Å². The number of carbonyl (C=O) groups excluding carboxylic acids is 2. The van der Waals surface area contributed by atoms with Gasteiger partial charge in [-0.2, -0.15) is 0 Å². The predicted molar refractivity (Wildman–Crippen MR) is 99.6 cm³/mol. The zero-order valence-corrected chi connectivity index (χ0v) is 15.3. The van der Waals surface area contributed by atoms with E-state index in [-0.39, 0.29) is 11.3 Å². The summed E-state index contributed by atoms with van der Waals surface area (Å²) in [6.45, 7) is 3.36. The standard InChI is InChI=1S/C18H18N2O5S/c1-11-4-7-14(8-5-11)19-17(21)12(2)25-18(22)13-6-9-16(26-3)15(10-13)20(23)24/h4-10,12H,1-3H3,(H,19,21)/t12-/m0/s1. The quantitative estimate of drug-likeness (QED) is 0.357. The number of benzene rings is 2. The van der Waals surface area contributed by atoms with Crippen molar-refractivity contribution in [2.75, 3.05) is 11.6 Å². The van der Waals surface area contributed by atoms with E-state index < -0.39 is 22.9 Å². The van der Waals surface area contributed by atoms with Gasteiger partial charge >= 0.3 is 5.97 Å². The van der Waals surface area contributed by atoms with Crippen molar-refractivity contribution in [1.29, 1.82) is 0 Å². The van der Waals surface area contributed by atoms with Gasteiger partial charge in [0, 0.05) is 11.8 Å². The van der Waals surface area contributed by atoms with Crippen molar-refractivity contribution >= 4 is 35.0 Å². The van der Waals surface area contributed by atoms with Crippen LogP contribution in [0, 0.1) is 17.0 Å². The zero-order valence-electron chi connectivity index (χ0n) is 14.5. The lowest BCUT2D eigenvalue weighted by atomic mass is 10.2. The van der Waals surface area contributed by atoms with Crippen molar-refractivity contribution in [2.24, 2.45) is 0 Å². The summed E-state index contributed by atoms with van der Waals surface area (Å²) in [6.07, 6.45) is 0.653. The molecule has 0 saturated carbocycles. The maximum absolute atomic E-state index is 12.2. The highest BCUT2D eigenvalue weighted by atomic mass is 32.2. The SMILES string of the molecule is CSc1ccc(C(=O)O[C@@H](C)C(=O)Nc2ccc(C)cc2)cc1[N+](=O)[O-]. The molecule has 2 aromatic rings. The second-order valence-corrected chi connectivity index (χ2v) is 6.39. The van der Waals surface area contributed by atoms with Crippen LogP contribution >= 0.6 is 11.8 Å². The molecule has 0 saturated heterocycles. The van der Waals surface area contributed by atoms with Gasteiger partial charge in [-0.3, -0.25) is 14.9 Å². The molecule has 2 rings (SSSR count). The van der Waals surface area contributed by atoms with Gasteiger partial charge in [0.05, 0.1) is 15.4 Å². The molecule has 0 spiro atoms.